The van der Waals surface area contributed by atoms with Crippen molar-refractivity contribution in [2.75, 3.05) is 13.1 Å². The highest BCUT2D eigenvalue weighted by Gasteiger charge is 2.27. The Kier molecular flexibility index (Phi) is 4.06. The highest BCUT2D eigenvalue weighted by atomic mass is 35.5. The Morgan fingerprint density at radius 2 is 2.33 bits per heavy atom. The summed E-state index contributed by atoms with van der Waals surface area (Å²) in [5.74, 6) is 0.671. The smallest absolute Gasteiger partial charge is 0.292 e. The maximum Gasteiger partial charge on any atom is 0.292 e. The van der Waals surface area contributed by atoms with Crippen LogP contribution in [-0.2, 0) is 0 Å². The number of aromatic nitrogens is 2. The van der Waals surface area contributed by atoms with Gasteiger partial charge >= 0.3 is 0 Å². The van der Waals surface area contributed by atoms with Crippen molar-refractivity contribution < 1.29 is 14.1 Å². The molecular weight excluding hydrogens is 294 g/mol. The molecule has 0 radical (unpaired) electrons. The monoisotopic (exact) mass is 307 g/mol. The molecule has 0 saturated carbocycles. The minimum absolute atomic E-state index is 0.0921. The molecule has 3 heterocycles. The van der Waals surface area contributed by atoms with Gasteiger partial charge < -0.3 is 14.2 Å². The maximum absolute atomic E-state index is 12.2. The molecule has 1 amide bonds. The zero-order chi connectivity index (χ0) is 14.7. The van der Waals surface area contributed by atoms with Crippen LogP contribution in [0.15, 0.2) is 35.2 Å². The van der Waals surface area contributed by atoms with Crippen molar-refractivity contribution in [1.29, 1.82) is 0 Å². The molecule has 21 heavy (non-hydrogen) atoms. The number of carbonyl (C=O) groups excluding carboxylic acids is 1. The Labute approximate surface area is 126 Å². The Balaban J connectivity index is 1.66. The first-order valence-electron chi connectivity index (χ1n) is 6.70. The van der Waals surface area contributed by atoms with Crippen LogP contribution in [-0.4, -0.2) is 40.1 Å². The Bertz CT molecular complexity index is 618. The standard InChI is InChI=1S/C14H14ClN3O3/c15-11-8-16-5-3-12(11)20-10-2-1-7-18(9-10)14(19)13-4-6-17-21-13/h3-6,8,10H,1-2,7,9H2. The van der Waals surface area contributed by atoms with Crippen LogP contribution in [0.3, 0.4) is 0 Å². The van der Waals surface area contributed by atoms with Crippen molar-refractivity contribution in [1.82, 2.24) is 15.0 Å². The van der Waals surface area contributed by atoms with E-state index in [1.807, 2.05) is 0 Å². The first kappa shape index (κ1) is 13.9. The number of pyridine rings is 1. The van der Waals surface area contributed by atoms with Gasteiger partial charge in [0.1, 0.15) is 16.9 Å². The van der Waals surface area contributed by atoms with Crippen molar-refractivity contribution in [3.63, 3.8) is 0 Å². The van der Waals surface area contributed by atoms with Gasteiger partial charge in [-0.3, -0.25) is 9.78 Å². The fraction of sp³-hybridized carbons (Fsp3) is 0.357. The molecule has 1 aliphatic heterocycles. The van der Waals surface area contributed by atoms with E-state index in [1.54, 1.807) is 23.2 Å². The summed E-state index contributed by atoms with van der Waals surface area (Å²) in [7, 11) is 0. The number of ether oxygens (including phenoxy) is 1. The van der Waals surface area contributed by atoms with Gasteiger partial charge in [0.2, 0.25) is 5.76 Å². The minimum atomic E-state index is -0.165. The Hall–Kier alpha value is -2.08. The lowest BCUT2D eigenvalue weighted by atomic mass is 10.1. The predicted octanol–water partition coefficient (Wildman–Crippen LogP) is 2.41. The molecule has 1 unspecified atom stereocenters. The van der Waals surface area contributed by atoms with Crippen LogP contribution in [0.2, 0.25) is 5.02 Å². The largest absolute Gasteiger partial charge is 0.487 e. The lowest BCUT2D eigenvalue weighted by Crippen LogP contribution is -2.44. The molecule has 0 N–H and O–H groups in total. The van der Waals surface area contributed by atoms with Crippen LogP contribution in [0.4, 0.5) is 0 Å². The minimum Gasteiger partial charge on any atom is -0.487 e. The van der Waals surface area contributed by atoms with Crippen LogP contribution in [0.1, 0.15) is 23.4 Å². The molecule has 0 aromatic carbocycles. The van der Waals surface area contributed by atoms with E-state index in [0.717, 1.165) is 12.8 Å². The topological polar surface area (TPSA) is 68.5 Å². The first-order chi connectivity index (χ1) is 10.2. The second-order valence-corrected chi connectivity index (χ2v) is 5.22. The van der Waals surface area contributed by atoms with Crippen LogP contribution < -0.4 is 4.74 Å². The molecule has 0 spiro atoms. The molecule has 1 aliphatic rings. The van der Waals surface area contributed by atoms with Gasteiger partial charge in [0.25, 0.3) is 5.91 Å². The van der Waals surface area contributed by atoms with E-state index in [0.29, 0.717) is 23.9 Å². The molecule has 3 rings (SSSR count). The molecule has 0 aliphatic carbocycles. The number of hydrogen-bond acceptors (Lipinski definition) is 5. The van der Waals surface area contributed by atoms with Gasteiger partial charge in [0.05, 0.1) is 12.7 Å². The summed E-state index contributed by atoms with van der Waals surface area (Å²) in [5, 5.41) is 4.03. The highest BCUT2D eigenvalue weighted by molar-refractivity contribution is 6.31. The van der Waals surface area contributed by atoms with E-state index in [9.17, 15) is 4.79 Å². The second kappa shape index (κ2) is 6.13. The van der Waals surface area contributed by atoms with E-state index in [2.05, 4.69) is 10.1 Å². The quantitative estimate of drug-likeness (QED) is 0.871. The average molecular weight is 308 g/mol. The van der Waals surface area contributed by atoms with E-state index in [-0.39, 0.29) is 17.8 Å². The number of likely N-dealkylation sites (tertiary alicyclic amines) is 1. The van der Waals surface area contributed by atoms with Crippen molar-refractivity contribution in [2.24, 2.45) is 0 Å². The molecule has 0 bridgehead atoms. The van der Waals surface area contributed by atoms with Crippen LogP contribution in [0.5, 0.6) is 5.75 Å². The summed E-state index contributed by atoms with van der Waals surface area (Å²) in [4.78, 5) is 17.9. The van der Waals surface area contributed by atoms with Gasteiger partial charge in [0.15, 0.2) is 0 Å². The zero-order valence-corrected chi connectivity index (χ0v) is 12.0. The molecule has 1 saturated heterocycles. The summed E-state index contributed by atoms with van der Waals surface area (Å²) in [6.45, 7) is 1.18. The number of rotatable bonds is 3. The molecular formula is C14H14ClN3O3. The van der Waals surface area contributed by atoms with E-state index in [4.69, 9.17) is 20.9 Å². The fourth-order valence-corrected chi connectivity index (χ4v) is 2.50. The molecule has 1 atom stereocenters. The summed E-state index contributed by atoms with van der Waals surface area (Å²) in [6, 6.07) is 3.28. The third-order valence-corrected chi connectivity index (χ3v) is 3.63. The highest BCUT2D eigenvalue weighted by Crippen LogP contribution is 2.25. The number of nitrogens with zero attached hydrogens (tertiary/aromatic N) is 3. The van der Waals surface area contributed by atoms with Crippen molar-refractivity contribution in [3.05, 3.63) is 41.5 Å². The molecule has 2 aromatic heterocycles. The van der Waals surface area contributed by atoms with Gasteiger partial charge in [-0.2, -0.15) is 0 Å². The summed E-state index contributed by atoms with van der Waals surface area (Å²) in [6.07, 6.45) is 6.28. The van der Waals surface area contributed by atoms with E-state index in [1.165, 1.54) is 12.4 Å². The normalized spacial score (nSPS) is 18.5. The number of hydrogen-bond donors (Lipinski definition) is 0. The summed E-state index contributed by atoms with van der Waals surface area (Å²) in [5.41, 5.74) is 0. The summed E-state index contributed by atoms with van der Waals surface area (Å²) < 4.78 is 10.8. The number of piperidine rings is 1. The SMILES string of the molecule is O=C(c1ccno1)N1CCCC(Oc2ccncc2Cl)C1. The van der Waals surface area contributed by atoms with E-state index >= 15 is 0 Å². The molecule has 7 heteroatoms. The van der Waals surface area contributed by atoms with Crippen molar-refractivity contribution in [3.8, 4) is 5.75 Å². The molecule has 6 nitrogen and oxygen atoms in total. The third kappa shape index (κ3) is 3.16. The predicted molar refractivity (Wildman–Crippen MR) is 75.3 cm³/mol. The van der Waals surface area contributed by atoms with Gasteiger partial charge in [-0.05, 0) is 12.8 Å². The van der Waals surface area contributed by atoms with Gasteiger partial charge in [-0.15, -0.1) is 0 Å². The van der Waals surface area contributed by atoms with Crippen LogP contribution in [0, 0.1) is 0 Å². The zero-order valence-electron chi connectivity index (χ0n) is 11.2. The molecule has 110 valence electrons. The molecule has 1 fully saturated rings. The average Bonchev–Trinajstić information content (AvgIpc) is 3.03. The van der Waals surface area contributed by atoms with Crippen LogP contribution in [0.25, 0.3) is 0 Å². The van der Waals surface area contributed by atoms with E-state index < -0.39 is 0 Å². The number of amides is 1. The first-order valence-corrected chi connectivity index (χ1v) is 7.08. The fourth-order valence-electron chi connectivity index (χ4n) is 2.34. The van der Waals surface area contributed by atoms with Crippen LogP contribution >= 0.6 is 11.6 Å². The third-order valence-electron chi connectivity index (χ3n) is 3.34. The van der Waals surface area contributed by atoms with Crippen molar-refractivity contribution in [2.45, 2.75) is 18.9 Å². The Morgan fingerprint density at radius 1 is 1.43 bits per heavy atom. The Morgan fingerprint density at radius 3 is 3.10 bits per heavy atom. The second-order valence-electron chi connectivity index (χ2n) is 4.82. The number of carbonyl (C=O) groups is 1. The van der Waals surface area contributed by atoms with Gasteiger partial charge in [0, 0.05) is 31.1 Å². The van der Waals surface area contributed by atoms with Gasteiger partial charge in [-0.1, -0.05) is 16.8 Å². The molecule has 2 aromatic rings. The number of halogens is 1. The van der Waals surface area contributed by atoms with Gasteiger partial charge in [-0.25, -0.2) is 0 Å². The summed E-state index contributed by atoms with van der Waals surface area (Å²) >= 11 is 6.03. The lowest BCUT2D eigenvalue weighted by Gasteiger charge is -2.32. The lowest BCUT2D eigenvalue weighted by molar-refractivity contribution is 0.0502. The van der Waals surface area contributed by atoms with Crippen molar-refractivity contribution >= 4 is 17.5 Å². The maximum atomic E-state index is 12.2.